The van der Waals surface area contributed by atoms with Gasteiger partial charge >= 0.3 is 0 Å². The van der Waals surface area contributed by atoms with Crippen LogP contribution in [0, 0.1) is 0 Å². The number of rotatable bonds is 6. The molecule has 1 aliphatic rings. The lowest BCUT2D eigenvalue weighted by Gasteiger charge is -2.30. The zero-order valence-corrected chi connectivity index (χ0v) is 13.7. The van der Waals surface area contributed by atoms with Gasteiger partial charge in [0, 0.05) is 29.6 Å². The van der Waals surface area contributed by atoms with E-state index in [0.717, 1.165) is 0 Å². The Morgan fingerprint density at radius 1 is 1.35 bits per heavy atom. The molecule has 0 radical (unpaired) electrons. The molecule has 7 nitrogen and oxygen atoms in total. The quantitative estimate of drug-likeness (QED) is 0.597. The normalized spacial score (nSPS) is 20.7. The first-order valence-corrected chi connectivity index (χ1v) is 8.36. The number of thioether (sulfide) groups is 1. The number of amides is 3. The lowest BCUT2D eigenvalue weighted by atomic mass is 10.1. The second-order valence-electron chi connectivity index (χ2n) is 5.05. The van der Waals surface area contributed by atoms with Gasteiger partial charge in [0.05, 0.1) is 5.75 Å². The number of nitrogens with two attached hydrogens (primary N) is 1. The molecule has 2 atom stereocenters. The van der Waals surface area contributed by atoms with Gasteiger partial charge in [0.15, 0.2) is 0 Å². The molecule has 0 saturated carbocycles. The van der Waals surface area contributed by atoms with Crippen molar-refractivity contribution >= 4 is 46.8 Å². The monoisotopic (exact) mass is 356 g/mol. The van der Waals surface area contributed by atoms with Gasteiger partial charge in [0.1, 0.15) is 5.50 Å². The molecule has 1 aliphatic heterocycles. The minimum atomic E-state index is -0.471. The fraction of sp³-hybridized carbons (Fsp3) is 0.357. The zero-order valence-electron chi connectivity index (χ0n) is 12.2. The van der Waals surface area contributed by atoms with Crippen LogP contribution in [-0.2, 0) is 14.4 Å². The van der Waals surface area contributed by atoms with Gasteiger partial charge in [-0.2, -0.15) is 0 Å². The predicted octanol–water partition coefficient (Wildman–Crippen LogP) is 0.649. The number of carbonyl (C=O) groups is 3. The van der Waals surface area contributed by atoms with E-state index in [1.807, 2.05) is 0 Å². The first-order chi connectivity index (χ1) is 10.9. The molecule has 2 rings (SSSR count). The van der Waals surface area contributed by atoms with E-state index in [1.165, 1.54) is 11.8 Å². The predicted molar refractivity (Wildman–Crippen MR) is 89.8 cm³/mol. The van der Waals surface area contributed by atoms with Gasteiger partial charge in [-0.05, 0) is 24.3 Å². The lowest BCUT2D eigenvalue weighted by molar-refractivity contribution is -0.124. The molecule has 3 amide bonds. The highest BCUT2D eigenvalue weighted by Gasteiger charge is 2.27. The largest absolute Gasteiger partial charge is 0.370 e. The number of nitrogens with one attached hydrogen (secondary N) is 3. The van der Waals surface area contributed by atoms with Crippen molar-refractivity contribution in [1.82, 2.24) is 10.6 Å². The SMILES string of the molecule is NC(=O)CC1CC(=O)NC(SCC(=O)Nc2ccc(Cl)cc2)N1. The van der Waals surface area contributed by atoms with E-state index in [9.17, 15) is 14.4 Å². The van der Waals surface area contributed by atoms with Gasteiger partial charge in [-0.3, -0.25) is 19.7 Å². The summed E-state index contributed by atoms with van der Waals surface area (Å²) in [7, 11) is 0. The third-order valence-corrected chi connectivity index (χ3v) is 4.34. The van der Waals surface area contributed by atoms with E-state index in [1.54, 1.807) is 24.3 Å². The summed E-state index contributed by atoms with van der Waals surface area (Å²) in [5, 5.41) is 9.10. The van der Waals surface area contributed by atoms with Gasteiger partial charge in [-0.1, -0.05) is 11.6 Å². The first-order valence-electron chi connectivity index (χ1n) is 6.93. The number of benzene rings is 1. The molecule has 0 aromatic heterocycles. The summed E-state index contributed by atoms with van der Waals surface area (Å²) in [6.45, 7) is 0. The van der Waals surface area contributed by atoms with E-state index in [2.05, 4.69) is 16.0 Å². The Balaban J connectivity index is 1.79. The third-order valence-electron chi connectivity index (χ3n) is 3.07. The molecule has 1 aromatic rings. The Kier molecular flexibility index (Phi) is 6.26. The molecule has 23 heavy (non-hydrogen) atoms. The molecule has 0 aliphatic carbocycles. The second-order valence-corrected chi connectivity index (χ2v) is 6.58. The van der Waals surface area contributed by atoms with Crippen LogP contribution in [0.1, 0.15) is 12.8 Å². The van der Waals surface area contributed by atoms with Crippen molar-refractivity contribution < 1.29 is 14.4 Å². The van der Waals surface area contributed by atoms with Crippen LogP contribution < -0.4 is 21.7 Å². The van der Waals surface area contributed by atoms with Crippen LogP contribution >= 0.6 is 23.4 Å². The Morgan fingerprint density at radius 3 is 2.70 bits per heavy atom. The topological polar surface area (TPSA) is 113 Å². The molecular weight excluding hydrogens is 340 g/mol. The summed E-state index contributed by atoms with van der Waals surface area (Å²) in [5.74, 6) is -0.707. The molecule has 5 N–H and O–H groups in total. The molecule has 1 fully saturated rings. The lowest BCUT2D eigenvalue weighted by Crippen LogP contribution is -2.55. The van der Waals surface area contributed by atoms with Crippen LogP contribution in [0.2, 0.25) is 5.02 Å². The van der Waals surface area contributed by atoms with Crippen molar-refractivity contribution in [2.24, 2.45) is 5.73 Å². The van der Waals surface area contributed by atoms with E-state index >= 15 is 0 Å². The smallest absolute Gasteiger partial charge is 0.234 e. The first kappa shape index (κ1) is 17.6. The van der Waals surface area contributed by atoms with Gasteiger partial charge in [0.2, 0.25) is 17.7 Å². The van der Waals surface area contributed by atoms with Crippen LogP contribution in [0.3, 0.4) is 0 Å². The van der Waals surface area contributed by atoms with Crippen LogP contribution in [0.4, 0.5) is 5.69 Å². The van der Waals surface area contributed by atoms with E-state index in [-0.39, 0.29) is 36.5 Å². The van der Waals surface area contributed by atoms with Gasteiger partial charge in [0.25, 0.3) is 0 Å². The summed E-state index contributed by atoms with van der Waals surface area (Å²) in [4.78, 5) is 34.4. The highest BCUT2D eigenvalue weighted by atomic mass is 35.5. The summed E-state index contributed by atoms with van der Waals surface area (Å²) >= 11 is 7.01. The number of primary amides is 1. The molecule has 1 heterocycles. The molecule has 1 saturated heterocycles. The van der Waals surface area contributed by atoms with Gasteiger partial charge < -0.3 is 16.4 Å². The zero-order chi connectivity index (χ0) is 16.8. The van der Waals surface area contributed by atoms with Crippen molar-refractivity contribution in [2.75, 3.05) is 11.1 Å². The van der Waals surface area contributed by atoms with E-state index in [4.69, 9.17) is 17.3 Å². The second kappa shape index (κ2) is 8.19. The maximum atomic E-state index is 11.9. The van der Waals surface area contributed by atoms with Crippen LogP contribution in [-0.4, -0.2) is 35.0 Å². The van der Waals surface area contributed by atoms with Gasteiger partial charge in [-0.25, -0.2) is 0 Å². The van der Waals surface area contributed by atoms with Crippen molar-refractivity contribution in [3.63, 3.8) is 0 Å². The molecule has 2 unspecified atom stereocenters. The number of carbonyl (C=O) groups excluding carboxylic acids is 3. The molecule has 9 heteroatoms. The highest BCUT2D eigenvalue weighted by molar-refractivity contribution is 8.00. The van der Waals surface area contributed by atoms with Crippen molar-refractivity contribution in [2.45, 2.75) is 24.4 Å². The number of anilines is 1. The highest BCUT2D eigenvalue weighted by Crippen LogP contribution is 2.16. The van der Waals surface area contributed by atoms with Crippen molar-refractivity contribution in [3.05, 3.63) is 29.3 Å². The molecule has 0 bridgehead atoms. The summed E-state index contributed by atoms with van der Waals surface area (Å²) in [6.07, 6.45) is 0.276. The Labute approximate surface area is 142 Å². The fourth-order valence-electron chi connectivity index (χ4n) is 2.10. The van der Waals surface area contributed by atoms with Gasteiger partial charge in [-0.15, -0.1) is 11.8 Å². The van der Waals surface area contributed by atoms with Crippen LogP contribution in [0.5, 0.6) is 0 Å². The average molecular weight is 357 g/mol. The number of hydrogen-bond donors (Lipinski definition) is 4. The van der Waals surface area contributed by atoms with Crippen LogP contribution in [0.25, 0.3) is 0 Å². The fourth-order valence-corrected chi connectivity index (χ4v) is 3.12. The Morgan fingerprint density at radius 2 is 2.04 bits per heavy atom. The molecular formula is C14H17ClN4O3S. The third kappa shape index (κ3) is 6.09. The maximum Gasteiger partial charge on any atom is 0.234 e. The Bertz CT molecular complexity index is 594. The summed E-state index contributed by atoms with van der Waals surface area (Å²) < 4.78 is 0. The Hall–Kier alpha value is -1.77. The molecule has 1 aromatic carbocycles. The maximum absolute atomic E-state index is 11.9. The standard InChI is InChI=1S/C14H17ClN4O3S/c15-8-1-3-9(4-2-8)17-13(22)7-23-14-18-10(5-11(16)20)6-12(21)19-14/h1-4,10,14,18H,5-7H2,(H2,16,20)(H,17,22)(H,19,21). The minimum absolute atomic E-state index is 0.0848. The molecule has 0 spiro atoms. The minimum Gasteiger partial charge on any atom is -0.370 e. The summed E-state index contributed by atoms with van der Waals surface area (Å²) in [5.41, 5.74) is 5.35. The van der Waals surface area contributed by atoms with E-state index < -0.39 is 11.4 Å². The average Bonchev–Trinajstić information content (AvgIpc) is 2.46. The van der Waals surface area contributed by atoms with E-state index in [0.29, 0.717) is 10.7 Å². The van der Waals surface area contributed by atoms with Crippen molar-refractivity contribution in [3.8, 4) is 0 Å². The van der Waals surface area contributed by atoms with Crippen molar-refractivity contribution in [1.29, 1.82) is 0 Å². The summed E-state index contributed by atoms with van der Waals surface area (Å²) in [6, 6.07) is 6.46. The number of halogens is 1. The van der Waals surface area contributed by atoms with Crippen LogP contribution in [0.15, 0.2) is 24.3 Å². The number of hydrogen-bond acceptors (Lipinski definition) is 5. The molecule has 124 valence electrons.